The van der Waals surface area contributed by atoms with Gasteiger partial charge in [0.2, 0.25) is 0 Å². The van der Waals surface area contributed by atoms with Gasteiger partial charge in [-0.25, -0.2) is 0 Å². The molecule has 0 saturated carbocycles. The molecule has 108 valence electrons. The van der Waals surface area contributed by atoms with Crippen LogP contribution < -0.4 is 0 Å². The third-order valence-electron chi connectivity index (χ3n) is 4.99. The average molecular weight is 300 g/mol. The Hall–Kier alpha value is -0.793. The van der Waals surface area contributed by atoms with Gasteiger partial charge in [-0.1, -0.05) is 0 Å². The number of allylic oxidation sites excluding steroid dienone is 1. The van der Waals surface area contributed by atoms with Gasteiger partial charge in [-0.2, -0.15) is 0 Å². The van der Waals surface area contributed by atoms with E-state index in [1.807, 2.05) is 0 Å². The van der Waals surface area contributed by atoms with E-state index in [0.717, 1.165) is 0 Å². The van der Waals surface area contributed by atoms with E-state index in [1.165, 1.54) is 29.0 Å². The number of benzene rings is 2. The summed E-state index contributed by atoms with van der Waals surface area (Å²) in [4.78, 5) is 0. The second kappa shape index (κ2) is 6.76. The molecule has 1 atom stereocenters. The summed E-state index contributed by atoms with van der Waals surface area (Å²) in [6, 6.07) is 17.7. The van der Waals surface area contributed by atoms with Crippen LogP contribution in [0.2, 0.25) is 0 Å². The van der Waals surface area contributed by atoms with Crippen LogP contribution in [0.3, 0.4) is 0 Å². The first-order chi connectivity index (χ1) is 10.7. The van der Waals surface area contributed by atoms with Crippen molar-refractivity contribution in [2.24, 2.45) is 0 Å². The quantitative estimate of drug-likeness (QED) is 0.492. The Morgan fingerprint density at radius 2 is 1.64 bits per heavy atom. The first kappa shape index (κ1) is 16.1. The van der Waals surface area contributed by atoms with Crippen LogP contribution in [0.5, 0.6) is 0 Å². The van der Waals surface area contributed by atoms with Crippen molar-refractivity contribution >= 4 is 31.0 Å². The van der Waals surface area contributed by atoms with Crippen molar-refractivity contribution in [3.8, 4) is 11.1 Å². The van der Waals surface area contributed by atoms with Crippen LogP contribution in [-0.4, -0.2) is 30.0 Å². The predicted octanol–water partition coefficient (Wildman–Crippen LogP) is 5.83. The van der Waals surface area contributed by atoms with Gasteiger partial charge in [0.15, 0.2) is 0 Å². The molecule has 2 aromatic carbocycles. The normalized spacial score (nSPS) is 17.3. The van der Waals surface area contributed by atoms with Crippen molar-refractivity contribution in [3.05, 3.63) is 65.2 Å². The fourth-order valence-electron chi connectivity index (χ4n) is 3.64. The molecule has 2 heteroatoms. The fourth-order valence-corrected chi connectivity index (χ4v) is 5.97. The van der Waals surface area contributed by atoms with E-state index in [2.05, 4.69) is 87.0 Å². The summed E-state index contributed by atoms with van der Waals surface area (Å²) in [5, 5.41) is 1.68. The molecule has 0 N–H and O–H groups in total. The summed E-state index contributed by atoms with van der Waals surface area (Å²) in [5.41, 5.74) is 7.46. The molecule has 0 saturated heterocycles. The molecule has 0 bridgehead atoms. The van der Waals surface area contributed by atoms with Crippen LogP contribution in [-0.2, 0) is 0 Å². The van der Waals surface area contributed by atoms with E-state index in [1.54, 1.807) is 16.5 Å². The number of rotatable bonds is 4. The average Bonchev–Trinajstić information content (AvgIpc) is 2.82. The van der Waals surface area contributed by atoms with Crippen molar-refractivity contribution in [1.82, 2.24) is 0 Å². The summed E-state index contributed by atoms with van der Waals surface area (Å²) in [6.45, 7) is 7.06. The molecule has 0 heterocycles. The fraction of sp³-hybridized carbons (Fsp3) is 0.300. The molecule has 1 aliphatic carbocycles. The van der Waals surface area contributed by atoms with Crippen molar-refractivity contribution in [3.63, 3.8) is 0 Å². The van der Waals surface area contributed by atoms with Crippen molar-refractivity contribution in [2.75, 3.05) is 12.3 Å². The third-order valence-corrected chi connectivity index (χ3v) is 7.72. The van der Waals surface area contributed by atoms with Gasteiger partial charge in [-0.15, -0.1) is 0 Å². The third kappa shape index (κ3) is 2.63. The molecule has 0 aliphatic heterocycles. The maximum absolute atomic E-state index is 2.37. The molecule has 0 radical (unpaired) electrons. The molecule has 0 spiro atoms. The van der Waals surface area contributed by atoms with E-state index >= 15 is 0 Å². The molecule has 3 rings (SSSR count). The molecule has 0 fully saturated rings. The Kier molecular flexibility index (Phi) is 4.94. The molecular weight excluding hydrogens is 278 g/mol. The summed E-state index contributed by atoms with van der Waals surface area (Å²) >= 11 is 2.37. The maximum atomic E-state index is 2.37. The van der Waals surface area contributed by atoms with Gasteiger partial charge in [0, 0.05) is 0 Å². The van der Waals surface area contributed by atoms with Crippen molar-refractivity contribution in [1.29, 1.82) is 0 Å². The Morgan fingerprint density at radius 3 is 2.27 bits per heavy atom. The Bertz CT molecular complexity index is 699. The minimum absolute atomic E-state index is 0.0369. The molecule has 0 nitrogen and oxygen atoms in total. The summed E-state index contributed by atoms with van der Waals surface area (Å²) < 4.78 is 0.566. The molecule has 0 aromatic heterocycles. The molecule has 2 aromatic rings. The van der Waals surface area contributed by atoms with Gasteiger partial charge in [0.1, 0.15) is 0 Å². The zero-order valence-electron chi connectivity index (χ0n) is 14.1. The Morgan fingerprint density at radius 1 is 0.955 bits per heavy atom. The van der Waals surface area contributed by atoms with Crippen LogP contribution in [0, 0.1) is 0 Å². The van der Waals surface area contributed by atoms with E-state index < -0.39 is 0 Å². The SMILES string of the molecule is [Li][CH]1C(C)=C(P(CC)CC)c2c(-c3ccccc3)cccc21. The van der Waals surface area contributed by atoms with E-state index in [-0.39, 0.29) is 7.92 Å². The number of hydrogen-bond acceptors (Lipinski definition) is 0. The van der Waals surface area contributed by atoms with Crippen molar-refractivity contribution < 1.29 is 0 Å². The monoisotopic (exact) mass is 300 g/mol. The molecule has 1 unspecified atom stereocenters. The van der Waals surface area contributed by atoms with Crippen molar-refractivity contribution in [2.45, 2.75) is 25.4 Å². The predicted molar refractivity (Wildman–Crippen MR) is 101 cm³/mol. The van der Waals surface area contributed by atoms with Gasteiger partial charge in [-0.3, -0.25) is 0 Å². The Balaban J connectivity index is 2.24. The van der Waals surface area contributed by atoms with Gasteiger partial charge in [-0.05, 0) is 0 Å². The zero-order valence-corrected chi connectivity index (χ0v) is 15.0. The molecular formula is C20H22LiP. The second-order valence-corrected chi connectivity index (χ2v) is 8.85. The van der Waals surface area contributed by atoms with E-state index in [0.29, 0.717) is 4.59 Å². The molecule has 1 aliphatic rings. The summed E-state index contributed by atoms with van der Waals surface area (Å²) in [5.74, 6) is 0. The standard InChI is InChI=1S/C20H22P.Li/c1-4-21(5-2)20-15(3)14-17-12-9-13-18(19(17)20)16-10-7-6-8-11-16;/h6-14H,4-5H2,1-3H3;. The van der Waals surface area contributed by atoms with Crippen LogP contribution >= 0.6 is 7.92 Å². The van der Waals surface area contributed by atoms with Gasteiger partial charge in [0.05, 0.1) is 0 Å². The van der Waals surface area contributed by atoms with Gasteiger partial charge in [0.25, 0.3) is 0 Å². The minimum atomic E-state index is -0.0369. The number of fused-ring (bicyclic) bond motifs is 1. The van der Waals surface area contributed by atoms with Crippen LogP contribution in [0.4, 0.5) is 0 Å². The van der Waals surface area contributed by atoms with Gasteiger partial charge < -0.3 is 0 Å². The number of hydrogen-bond donors (Lipinski definition) is 0. The Labute approximate surface area is 145 Å². The molecule has 0 amide bonds. The van der Waals surface area contributed by atoms with E-state index in [9.17, 15) is 0 Å². The first-order valence-corrected chi connectivity index (χ1v) is 10.0. The van der Waals surface area contributed by atoms with Crippen LogP contribution in [0.1, 0.15) is 36.5 Å². The van der Waals surface area contributed by atoms with Crippen LogP contribution in [0.25, 0.3) is 16.4 Å². The summed E-state index contributed by atoms with van der Waals surface area (Å²) in [6.07, 6.45) is 2.57. The first-order valence-electron chi connectivity index (χ1n) is 8.33. The zero-order chi connectivity index (χ0) is 15.7. The van der Waals surface area contributed by atoms with E-state index in [4.69, 9.17) is 0 Å². The molecule has 22 heavy (non-hydrogen) atoms. The van der Waals surface area contributed by atoms with Gasteiger partial charge >= 0.3 is 145 Å². The summed E-state index contributed by atoms with van der Waals surface area (Å²) in [7, 11) is -0.0369. The van der Waals surface area contributed by atoms with Crippen LogP contribution in [0.15, 0.2) is 54.1 Å². The topological polar surface area (TPSA) is 0 Å². The second-order valence-electron chi connectivity index (χ2n) is 6.06.